The summed E-state index contributed by atoms with van der Waals surface area (Å²) in [5.41, 5.74) is 1.12. The van der Waals surface area contributed by atoms with Crippen LogP contribution in [0.1, 0.15) is 35.7 Å². The van der Waals surface area contributed by atoms with Crippen molar-refractivity contribution in [2.75, 3.05) is 33.3 Å². The van der Waals surface area contributed by atoms with E-state index in [2.05, 4.69) is 0 Å². The highest BCUT2D eigenvalue weighted by Gasteiger charge is 2.29. The van der Waals surface area contributed by atoms with Gasteiger partial charge >= 0.3 is 5.97 Å². The van der Waals surface area contributed by atoms with Gasteiger partial charge in [0.25, 0.3) is 5.91 Å². The van der Waals surface area contributed by atoms with Gasteiger partial charge in [-0.3, -0.25) is 14.4 Å². The third-order valence-corrected chi connectivity index (χ3v) is 5.61. The maximum absolute atomic E-state index is 13.1. The van der Waals surface area contributed by atoms with Gasteiger partial charge in [-0.05, 0) is 49.6 Å². The van der Waals surface area contributed by atoms with Gasteiger partial charge < -0.3 is 19.3 Å². The Morgan fingerprint density at radius 2 is 1.73 bits per heavy atom. The summed E-state index contributed by atoms with van der Waals surface area (Å²) >= 11 is 0. The summed E-state index contributed by atoms with van der Waals surface area (Å²) in [6.07, 6.45) is 1.12. The standard InChI is InChI=1S/C25H29FN2O5/c1-3-32-25(31)19-12-14-28(15-13-19)23(29)16-27(2)24(30)21-6-4-5-7-22(21)33-17-18-8-10-20(26)11-9-18/h4-11,19H,3,12-17H2,1-2H3. The second-order valence-corrected chi connectivity index (χ2v) is 7.98. The van der Waals surface area contributed by atoms with Crippen LogP contribution < -0.4 is 4.74 Å². The van der Waals surface area contributed by atoms with E-state index in [1.807, 2.05) is 0 Å². The molecule has 7 nitrogen and oxygen atoms in total. The number of hydrogen-bond donors (Lipinski definition) is 0. The Morgan fingerprint density at radius 3 is 2.39 bits per heavy atom. The van der Waals surface area contributed by atoms with Crippen molar-refractivity contribution in [1.82, 2.24) is 9.80 Å². The van der Waals surface area contributed by atoms with Gasteiger partial charge in [0.2, 0.25) is 5.91 Å². The Bertz CT molecular complexity index is 971. The predicted octanol–water partition coefficient (Wildman–Crippen LogP) is 3.28. The molecule has 2 amide bonds. The number of piperidine rings is 1. The average molecular weight is 457 g/mol. The summed E-state index contributed by atoms with van der Waals surface area (Å²) in [7, 11) is 1.57. The number of likely N-dealkylation sites (N-methyl/N-ethyl adjacent to an activating group) is 1. The maximum atomic E-state index is 13.1. The maximum Gasteiger partial charge on any atom is 0.309 e. The van der Waals surface area contributed by atoms with Gasteiger partial charge in [-0.1, -0.05) is 24.3 Å². The molecule has 3 rings (SSSR count). The van der Waals surface area contributed by atoms with Crippen LogP contribution in [0.15, 0.2) is 48.5 Å². The van der Waals surface area contributed by atoms with Crippen molar-refractivity contribution in [3.8, 4) is 5.75 Å². The number of benzene rings is 2. The summed E-state index contributed by atoms with van der Waals surface area (Å²) in [5.74, 6) is -0.836. The fourth-order valence-electron chi connectivity index (χ4n) is 3.72. The lowest BCUT2D eigenvalue weighted by Crippen LogP contribution is -2.45. The molecule has 1 heterocycles. The van der Waals surface area contributed by atoms with Crippen molar-refractivity contribution in [3.63, 3.8) is 0 Å². The number of esters is 1. The summed E-state index contributed by atoms with van der Waals surface area (Å²) in [4.78, 5) is 40.7. The minimum atomic E-state index is -0.334. The SMILES string of the molecule is CCOC(=O)C1CCN(C(=O)CN(C)C(=O)c2ccccc2OCc2ccc(F)cc2)CC1. The van der Waals surface area contributed by atoms with Crippen LogP contribution in [-0.2, 0) is 20.9 Å². The van der Waals surface area contributed by atoms with E-state index in [1.54, 1.807) is 55.3 Å². The molecule has 1 aliphatic heterocycles. The van der Waals surface area contributed by atoms with Crippen molar-refractivity contribution < 1.29 is 28.2 Å². The summed E-state index contributed by atoms with van der Waals surface area (Å²) in [5, 5.41) is 0. The predicted molar refractivity (Wildman–Crippen MR) is 120 cm³/mol. The molecule has 0 aliphatic carbocycles. The first-order chi connectivity index (χ1) is 15.9. The van der Waals surface area contributed by atoms with Gasteiger partial charge in [0.15, 0.2) is 0 Å². The first kappa shape index (κ1) is 24.2. The van der Waals surface area contributed by atoms with Crippen molar-refractivity contribution in [1.29, 1.82) is 0 Å². The molecule has 1 fully saturated rings. The van der Waals surface area contributed by atoms with Gasteiger partial charge in [-0.2, -0.15) is 0 Å². The number of halogens is 1. The average Bonchev–Trinajstić information content (AvgIpc) is 2.83. The molecule has 0 bridgehead atoms. The lowest BCUT2D eigenvalue weighted by molar-refractivity contribution is -0.151. The largest absolute Gasteiger partial charge is 0.488 e. The third-order valence-electron chi connectivity index (χ3n) is 5.61. The minimum Gasteiger partial charge on any atom is -0.488 e. The smallest absolute Gasteiger partial charge is 0.309 e. The molecule has 0 unspecified atom stereocenters. The van der Waals surface area contributed by atoms with Crippen LogP contribution in [0.2, 0.25) is 0 Å². The second-order valence-electron chi connectivity index (χ2n) is 7.98. The molecule has 0 radical (unpaired) electrons. The van der Waals surface area contributed by atoms with Crippen molar-refractivity contribution in [2.45, 2.75) is 26.4 Å². The Balaban J connectivity index is 1.56. The van der Waals surface area contributed by atoms with Crippen LogP contribution in [0.4, 0.5) is 4.39 Å². The molecule has 176 valence electrons. The fourth-order valence-corrected chi connectivity index (χ4v) is 3.72. The van der Waals surface area contributed by atoms with E-state index in [-0.39, 0.29) is 42.7 Å². The van der Waals surface area contributed by atoms with E-state index in [0.717, 1.165) is 5.56 Å². The highest BCUT2D eigenvalue weighted by Crippen LogP contribution is 2.22. The molecule has 33 heavy (non-hydrogen) atoms. The van der Waals surface area contributed by atoms with E-state index in [9.17, 15) is 18.8 Å². The van der Waals surface area contributed by atoms with Crippen LogP contribution >= 0.6 is 0 Å². The normalized spacial score (nSPS) is 14.0. The number of ether oxygens (including phenoxy) is 2. The summed E-state index contributed by atoms with van der Waals surface area (Å²) in [6, 6.07) is 12.8. The van der Waals surface area contributed by atoms with E-state index < -0.39 is 0 Å². The number of amides is 2. The van der Waals surface area contributed by atoms with Crippen molar-refractivity contribution in [2.24, 2.45) is 5.92 Å². The fraction of sp³-hybridized carbons (Fsp3) is 0.400. The van der Waals surface area contributed by atoms with Crippen molar-refractivity contribution in [3.05, 3.63) is 65.5 Å². The lowest BCUT2D eigenvalue weighted by Gasteiger charge is -2.32. The molecular weight excluding hydrogens is 427 g/mol. The van der Waals surface area contributed by atoms with Gasteiger partial charge in [-0.25, -0.2) is 4.39 Å². The molecule has 2 aromatic rings. The van der Waals surface area contributed by atoms with Crippen LogP contribution in [0.5, 0.6) is 5.75 Å². The van der Waals surface area contributed by atoms with Crippen LogP contribution in [-0.4, -0.2) is 60.9 Å². The number of hydrogen-bond acceptors (Lipinski definition) is 5. The van der Waals surface area contributed by atoms with Gasteiger partial charge in [0.1, 0.15) is 18.2 Å². The van der Waals surface area contributed by atoms with Crippen molar-refractivity contribution >= 4 is 17.8 Å². The molecule has 0 N–H and O–H groups in total. The molecular formula is C25H29FN2O5. The van der Waals surface area contributed by atoms with Crippen LogP contribution in [0.3, 0.4) is 0 Å². The number of carbonyl (C=O) groups is 3. The molecule has 0 atom stereocenters. The topological polar surface area (TPSA) is 76.2 Å². The van der Waals surface area contributed by atoms with Gasteiger partial charge in [-0.15, -0.1) is 0 Å². The summed E-state index contributed by atoms with van der Waals surface area (Å²) in [6.45, 7) is 3.15. The zero-order valence-corrected chi connectivity index (χ0v) is 19.0. The zero-order chi connectivity index (χ0) is 23.8. The first-order valence-electron chi connectivity index (χ1n) is 11.0. The zero-order valence-electron chi connectivity index (χ0n) is 19.0. The highest BCUT2D eigenvalue weighted by atomic mass is 19.1. The molecule has 8 heteroatoms. The Morgan fingerprint density at radius 1 is 1.06 bits per heavy atom. The monoisotopic (exact) mass is 456 g/mol. The molecule has 1 aliphatic rings. The number of likely N-dealkylation sites (tertiary alicyclic amines) is 1. The van der Waals surface area contributed by atoms with E-state index in [1.165, 1.54) is 17.0 Å². The Hall–Kier alpha value is -3.42. The van der Waals surface area contributed by atoms with Crippen LogP contribution in [0.25, 0.3) is 0 Å². The van der Waals surface area contributed by atoms with Gasteiger partial charge in [0.05, 0.1) is 24.6 Å². The quantitative estimate of drug-likeness (QED) is 0.570. The molecule has 0 saturated carbocycles. The minimum absolute atomic E-state index is 0.0742. The van der Waals surface area contributed by atoms with Crippen LogP contribution in [0, 0.1) is 11.7 Å². The number of rotatable bonds is 8. The van der Waals surface area contributed by atoms with E-state index in [0.29, 0.717) is 43.9 Å². The molecule has 0 aromatic heterocycles. The van der Waals surface area contributed by atoms with E-state index in [4.69, 9.17) is 9.47 Å². The highest BCUT2D eigenvalue weighted by molar-refractivity contribution is 5.98. The number of nitrogens with zero attached hydrogens (tertiary/aromatic N) is 2. The molecule has 1 saturated heterocycles. The van der Waals surface area contributed by atoms with E-state index >= 15 is 0 Å². The lowest BCUT2D eigenvalue weighted by atomic mass is 9.97. The number of para-hydroxylation sites is 1. The van der Waals surface area contributed by atoms with Gasteiger partial charge in [0, 0.05) is 20.1 Å². The Labute approximate surface area is 193 Å². The molecule has 0 spiro atoms. The third kappa shape index (κ3) is 6.54. The number of carbonyl (C=O) groups excluding carboxylic acids is 3. The summed E-state index contributed by atoms with van der Waals surface area (Å²) < 4.78 is 24.0. The second kappa shape index (κ2) is 11.4. The Kier molecular flexibility index (Phi) is 8.40. The molecule has 2 aromatic carbocycles. The first-order valence-corrected chi connectivity index (χ1v) is 11.0.